The maximum atomic E-state index is 13.0. The van der Waals surface area contributed by atoms with Gasteiger partial charge >= 0.3 is 0 Å². The first-order valence-corrected chi connectivity index (χ1v) is 12.0. The Balaban J connectivity index is 1.34. The first-order chi connectivity index (χ1) is 14.6. The highest BCUT2D eigenvalue weighted by Gasteiger charge is 2.34. The summed E-state index contributed by atoms with van der Waals surface area (Å²) in [5.74, 6) is 0.645. The van der Waals surface area contributed by atoms with Gasteiger partial charge in [0.15, 0.2) is 0 Å². The summed E-state index contributed by atoms with van der Waals surface area (Å²) in [5, 5.41) is 3.79. The van der Waals surface area contributed by atoms with E-state index in [1.165, 1.54) is 31.2 Å². The minimum Gasteiger partial charge on any atom is -0.350 e. The summed E-state index contributed by atoms with van der Waals surface area (Å²) in [6, 6.07) is 5.62. The molecule has 1 unspecified atom stereocenters. The van der Waals surface area contributed by atoms with Crippen molar-refractivity contribution in [1.29, 1.82) is 0 Å². The molecule has 5 nitrogen and oxygen atoms in total. The van der Waals surface area contributed by atoms with Crippen LogP contribution in [0, 0.1) is 5.92 Å². The Kier molecular flexibility index (Phi) is 7.32. The van der Waals surface area contributed by atoms with E-state index in [0.717, 1.165) is 50.9 Å². The van der Waals surface area contributed by atoms with Crippen LogP contribution in [0.25, 0.3) is 0 Å². The predicted molar refractivity (Wildman–Crippen MR) is 119 cm³/mol. The van der Waals surface area contributed by atoms with Crippen molar-refractivity contribution in [3.05, 3.63) is 34.3 Å². The van der Waals surface area contributed by atoms with E-state index in [-0.39, 0.29) is 17.9 Å². The van der Waals surface area contributed by atoms with Crippen LogP contribution in [0.2, 0.25) is 5.02 Å². The fourth-order valence-corrected chi connectivity index (χ4v) is 5.28. The molecule has 2 heterocycles. The predicted octanol–water partition coefficient (Wildman–Crippen LogP) is 4.12. The van der Waals surface area contributed by atoms with Gasteiger partial charge in [0, 0.05) is 31.1 Å². The van der Waals surface area contributed by atoms with Crippen LogP contribution in [-0.2, 0) is 22.7 Å². The van der Waals surface area contributed by atoms with Crippen molar-refractivity contribution >= 4 is 23.4 Å². The molecule has 1 aromatic rings. The molecule has 2 saturated heterocycles. The van der Waals surface area contributed by atoms with Crippen LogP contribution in [0.15, 0.2) is 18.2 Å². The van der Waals surface area contributed by atoms with Gasteiger partial charge < -0.3 is 10.2 Å². The maximum Gasteiger partial charge on any atom is 0.243 e. The fraction of sp³-hybridized carbons (Fsp3) is 0.667. The molecule has 0 aromatic heterocycles. The lowest BCUT2D eigenvalue weighted by Crippen LogP contribution is -2.46. The van der Waals surface area contributed by atoms with Crippen LogP contribution in [0.1, 0.15) is 68.9 Å². The first-order valence-electron chi connectivity index (χ1n) is 11.7. The molecule has 1 N–H and O–H groups in total. The lowest BCUT2D eigenvalue weighted by Gasteiger charge is -2.31. The van der Waals surface area contributed by atoms with Gasteiger partial charge in [-0.25, -0.2) is 0 Å². The van der Waals surface area contributed by atoms with E-state index in [1.54, 1.807) is 0 Å². The summed E-state index contributed by atoms with van der Waals surface area (Å²) < 4.78 is 0. The molecule has 164 valence electrons. The number of hydrogen-bond donors (Lipinski definition) is 1. The van der Waals surface area contributed by atoms with Gasteiger partial charge in [-0.15, -0.1) is 0 Å². The molecule has 2 amide bonds. The lowest BCUT2D eigenvalue weighted by molar-refractivity contribution is -0.139. The molecular formula is C24H34ClN3O2. The summed E-state index contributed by atoms with van der Waals surface area (Å²) in [6.07, 6.45) is 9.62. The molecule has 3 fully saturated rings. The van der Waals surface area contributed by atoms with E-state index in [4.69, 9.17) is 11.6 Å². The Morgan fingerprint density at radius 1 is 0.967 bits per heavy atom. The number of rotatable bonds is 7. The summed E-state index contributed by atoms with van der Waals surface area (Å²) in [5.41, 5.74) is 2.29. The number of halogens is 1. The number of hydrogen-bond acceptors (Lipinski definition) is 3. The van der Waals surface area contributed by atoms with Crippen LogP contribution in [0.4, 0.5) is 0 Å². The highest BCUT2D eigenvalue weighted by Crippen LogP contribution is 2.29. The van der Waals surface area contributed by atoms with E-state index >= 15 is 0 Å². The number of likely N-dealkylation sites (tertiary alicyclic amines) is 2. The number of carbonyl (C=O) groups excluding carboxylic acids is 2. The van der Waals surface area contributed by atoms with Crippen molar-refractivity contribution in [2.45, 2.75) is 76.9 Å². The van der Waals surface area contributed by atoms with Gasteiger partial charge in [-0.05, 0) is 74.4 Å². The smallest absolute Gasteiger partial charge is 0.243 e. The van der Waals surface area contributed by atoms with Crippen LogP contribution < -0.4 is 5.32 Å². The van der Waals surface area contributed by atoms with Crippen LogP contribution in [0.5, 0.6) is 0 Å². The van der Waals surface area contributed by atoms with Crippen molar-refractivity contribution in [1.82, 2.24) is 15.1 Å². The number of nitrogens with zero attached hydrogens (tertiary/aromatic N) is 2. The monoisotopic (exact) mass is 431 g/mol. The van der Waals surface area contributed by atoms with Crippen molar-refractivity contribution in [3.8, 4) is 0 Å². The fourth-order valence-electron chi connectivity index (χ4n) is 5.09. The zero-order valence-electron chi connectivity index (χ0n) is 17.9. The van der Waals surface area contributed by atoms with Gasteiger partial charge in [-0.3, -0.25) is 14.5 Å². The second-order valence-electron chi connectivity index (χ2n) is 9.21. The van der Waals surface area contributed by atoms with Gasteiger partial charge in [-0.2, -0.15) is 0 Å². The first kappa shape index (κ1) is 21.6. The van der Waals surface area contributed by atoms with Gasteiger partial charge in [0.1, 0.15) is 6.04 Å². The molecule has 1 atom stereocenters. The molecule has 30 heavy (non-hydrogen) atoms. The lowest BCUT2D eigenvalue weighted by atomic mass is 9.86. The topological polar surface area (TPSA) is 52.7 Å². The standard InChI is InChI=1S/C24H34ClN3O2/c25-21-10-9-19(17-27-11-5-12-27)20(15-21)16-26-24(30)22-8-4-13-28(22)23(29)14-18-6-2-1-3-7-18/h9-10,15,18,22H,1-8,11-14,16-17H2,(H,26,30). The van der Waals surface area contributed by atoms with E-state index < -0.39 is 0 Å². The van der Waals surface area contributed by atoms with E-state index in [0.29, 0.717) is 30.5 Å². The number of amides is 2. The van der Waals surface area contributed by atoms with E-state index in [1.807, 2.05) is 17.0 Å². The quantitative estimate of drug-likeness (QED) is 0.706. The van der Waals surface area contributed by atoms with Crippen molar-refractivity contribution in [2.75, 3.05) is 19.6 Å². The molecule has 4 rings (SSSR count). The Labute approximate surface area is 185 Å². The molecule has 1 aromatic carbocycles. The third-order valence-corrected chi connectivity index (χ3v) is 7.26. The largest absolute Gasteiger partial charge is 0.350 e. The number of nitrogens with one attached hydrogen (secondary N) is 1. The molecular weight excluding hydrogens is 398 g/mol. The Hall–Kier alpha value is -1.59. The van der Waals surface area contributed by atoms with Crippen LogP contribution >= 0.6 is 11.6 Å². The Morgan fingerprint density at radius 2 is 1.77 bits per heavy atom. The van der Waals surface area contributed by atoms with E-state index in [2.05, 4.69) is 16.3 Å². The molecule has 2 aliphatic heterocycles. The van der Waals surface area contributed by atoms with E-state index in [9.17, 15) is 9.59 Å². The summed E-state index contributed by atoms with van der Waals surface area (Å²) in [6.45, 7) is 4.34. The van der Waals surface area contributed by atoms with Crippen LogP contribution in [0.3, 0.4) is 0 Å². The summed E-state index contributed by atoms with van der Waals surface area (Å²) >= 11 is 6.22. The Bertz CT molecular complexity index is 759. The van der Waals surface area contributed by atoms with Crippen LogP contribution in [-0.4, -0.2) is 47.3 Å². The molecule has 6 heteroatoms. The average molecular weight is 432 g/mol. The molecule has 1 aliphatic carbocycles. The van der Waals surface area contributed by atoms with Crippen molar-refractivity contribution in [3.63, 3.8) is 0 Å². The molecule has 0 radical (unpaired) electrons. The van der Waals surface area contributed by atoms with Gasteiger partial charge in [-0.1, -0.05) is 36.9 Å². The zero-order chi connectivity index (χ0) is 20.9. The second-order valence-corrected chi connectivity index (χ2v) is 9.65. The molecule has 3 aliphatic rings. The third-order valence-electron chi connectivity index (χ3n) is 7.03. The molecule has 0 bridgehead atoms. The highest BCUT2D eigenvalue weighted by molar-refractivity contribution is 6.30. The second kappa shape index (κ2) is 10.1. The molecule has 1 saturated carbocycles. The van der Waals surface area contributed by atoms with Gasteiger partial charge in [0.25, 0.3) is 0 Å². The normalized spacial score (nSPS) is 22.7. The summed E-state index contributed by atoms with van der Waals surface area (Å²) in [7, 11) is 0. The third kappa shape index (κ3) is 5.36. The number of carbonyl (C=O) groups is 2. The minimum atomic E-state index is -0.320. The average Bonchev–Trinajstić information content (AvgIpc) is 3.21. The van der Waals surface area contributed by atoms with Crippen molar-refractivity contribution < 1.29 is 9.59 Å². The Morgan fingerprint density at radius 3 is 2.50 bits per heavy atom. The SMILES string of the molecule is O=C(NCc1cc(Cl)ccc1CN1CCC1)C1CCCN1C(=O)CC1CCCCC1. The molecule has 0 spiro atoms. The zero-order valence-corrected chi connectivity index (χ0v) is 18.6. The highest BCUT2D eigenvalue weighted by atomic mass is 35.5. The van der Waals surface area contributed by atoms with Gasteiger partial charge in [0.05, 0.1) is 0 Å². The summed E-state index contributed by atoms with van der Waals surface area (Å²) in [4.78, 5) is 30.1. The minimum absolute atomic E-state index is 0.0284. The van der Waals surface area contributed by atoms with Gasteiger partial charge in [0.2, 0.25) is 11.8 Å². The van der Waals surface area contributed by atoms with Crippen molar-refractivity contribution in [2.24, 2.45) is 5.92 Å². The maximum absolute atomic E-state index is 13.0. The number of benzene rings is 1.